The molecule has 0 amide bonds. The summed E-state index contributed by atoms with van der Waals surface area (Å²) in [6.07, 6.45) is 0. The van der Waals surface area contributed by atoms with Gasteiger partial charge in [0, 0.05) is 28.6 Å². The van der Waals surface area contributed by atoms with E-state index >= 15 is 0 Å². The molecule has 0 radical (unpaired) electrons. The van der Waals surface area contributed by atoms with E-state index in [-0.39, 0.29) is 5.78 Å². The van der Waals surface area contributed by atoms with Gasteiger partial charge in [-0.25, -0.2) is 4.98 Å². The van der Waals surface area contributed by atoms with E-state index in [1.165, 1.54) is 0 Å². The van der Waals surface area contributed by atoms with Crippen molar-refractivity contribution in [2.24, 2.45) is 0 Å². The number of aromatic nitrogens is 1. The van der Waals surface area contributed by atoms with E-state index in [0.717, 1.165) is 38.6 Å². The summed E-state index contributed by atoms with van der Waals surface area (Å²) < 4.78 is 6.73. The first-order valence-corrected chi connectivity index (χ1v) is 10.7. The number of carbonyl (C=O) groups excluding carboxylic acids is 1. The Morgan fingerprint density at radius 3 is 2.61 bits per heavy atom. The number of carbonyl (C=O) groups is 1. The predicted molar refractivity (Wildman–Crippen MR) is 115 cm³/mol. The number of ketones is 1. The molecule has 28 heavy (non-hydrogen) atoms. The molecule has 0 N–H and O–H groups in total. The van der Waals surface area contributed by atoms with E-state index in [9.17, 15) is 10.1 Å². The summed E-state index contributed by atoms with van der Waals surface area (Å²) >= 11 is 4.94. The molecular weight excluding hydrogens is 438 g/mol. The summed E-state index contributed by atoms with van der Waals surface area (Å²) in [4.78, 5) is 17.1. The zero-order valence-corrected chi connectivity index (χ0v) is 19.1. The Morgan fingerprint density at radius 1 is 1.32 bits per heavy atom. The molecule has 5 nitrogen and oxygen atoms in total. The third kappa shape index (κ3) is 6.42. The third-order valence-electron chi connectivity index (χ3n) is 4.28. The zero-order chi connectivity index (χ0) is 20.7. The van der Waals surface area contributed by atoms with Gasteiger partial charge in [-0.1, -0.05) is 39.8 Å². The molecule has 0 aliphatic heterocycles. The lowest BCUT2D eigenvalue weighted by Gasteiger charge is -2.28. The van der Waals surface area contributed by atoms with Crippen molar-refractivity contribution in [3.05, 3.63) is 57.2 Å². The van der Waals surface area contributed by atoms with Gasteiger partial charge in [-0.15, -0.1) is 0 Å². The third-order valence-corrected chi connectivity index (χ3v) is 5.77. The zero-order valence-electron chi connectivity index (χ0n) is 16.7. The van der Waals surface area contributed by atoms with Crippen molar-refractivity contribution >= 4 is 33.5 Å². The maximum atomic E-state index is 12.6. The second-order valence-corrected chi connectivity index (χ2v) is 9.24. The molecule has 0 saturated carbocycles. The highest BCUT2D eigenvalue weighted by molar-refractivity contribution is 9.10. The van der Waals surface area contributed by atoms with E-state index in [1.807, 2.05) is 51.4 Å². The van der Waals surface area contributed by atoms with Crippen LogP contribution in [0.2, 0.25) is 0 Å². The summed E-state index contributed by atoms with van der Waals surface area (Å²) in [6.45, 7) is 3.51. The molecule has 0 saturated heterocycles. The number of nitriles is 1. The summed E-state index contributed by atoms with van der Waals surface area (Å²) in [6, 6.07) is 11.6. The van der Waals surface area contributed by atoms with Crippen molar-refractivity contribution in [3.63, 3.8) is 0 Å². The Hall–Kier alpha value is -1.72. The number of likely N-dealkylation sites (N-methyl/N-ethyl adjacent to an activating group) is 1. The van der Waals surface area contributed by atoms with Crippen molar-refractivity contribution in [1.82, 2.24) is 4.98 Å². The SMILES string of the molecule is COCc1cc(C)nc(SCC[N+](C)(C)CC(=O)c2ccc(Br)cc2)c1C#N. The number of halogens is 1. The highest BCUT2D eigenvalue weighted by atomic mass is 79.9. The smallest absolute Gasteiger partial charge is 0.216 e. The molecule has 1 heterocycles. The largest absolute Gasteiger partial charge is 0.380 e. The van der Waals surface area contributed by atoms with Gasteiger partial charge in [-0.2, -0.15) is 5.26 Å². The fourth-order valence-electron chi connectivity index (χ4n) is 2.79. The minimum absolute atomic E-state index is 0.122. The number of quaternary nitrogens is 1. The normalized spacial score (nSPS) is 11.3. The molecule has 0 aliphatic carbocycles. The van der Waals surface area contributed by atoms with E-state index in [0.29, 0.717) is 23.2 Å². The van der Waals surface area contributed by atoms with E-state index in [1.54, 1.807) is 18.9 Å². The Labute approximate surface area is 179 Å². The maximum Gasteiger partial charge on any atom is 0.216 e. The van der Waals surface area contributed by atoms with Crippen LogP contribution in [-0.4, -0.2) is 55.3 Å². The molecule has 7 heteroatoms. The number of aryl methyl sites for hydroxylation is 1. The number of hydrogen-bond acceptors (Lipinski definition) is 5. The molecule has 1 aromatic carbocycles. The highest BCUT2D eigenvalue weighted by Gasteiger charge is 2.22. The van der Waals surface area contributed by atoms with E-state index in [2.05, 4.69) is 27.0 Å². The molecule has 0 atom stereocenters. The van der Waals surface area contributed by atoms with Crippen LogP contribution in [0.3, 0.4) is 0 Å². The van der Waals surface area contributed by atoms with Crippen molar-refractivity contribution in [2.45, 2.75) is 18.6 Å². The topological polar surface area (TPSA) is 63.0 Å². The molecule has 2 aromatic rings. The van der Waals surface area contributed by atoms with Crippen molar-refractivity contribution in [2.75, 3.05) is 40.0 Å². The maximum absolute atomic E-state index is 12.6. The lowest BCUT2D eigenvalue weighted by Crippen LogP contribution is -2.45. The first kappa shape index (κ1) is 22.6. The Bertz CT molecular complexity index is 876. The molecule has 148 valence electrons. The quantitative estimate of drug-likeness (QED) is 0.317. The lowest BCUT2D eigenvalue weighted by atomic mass is 10.1. The van der Waals surface area contributed by atoms with Gasteiger partial charge in [-0.3, -0.25) is 4.79 Å². The summed E-state index contributed by atoms with van der Waals surface area (Å²) in [7, 11) is 5.71. The van der Waals surface area contributed by atoms with Crippen molar-refractivity contribution < 1.29 is 14.0 Å². The summed E-state index contributed by atoms with van der Waals surface area (Å²) in [5.41, 5.74) is 3.03. The minimum Gasteiger partial charge on any atom is -0.380 e. The number of ether oxygens (including phenoxy) is 1. The number of benzene rings is 1. The van der Waals surface area contributed by atoms with Gasteiger partial charge in [0.1, 0.15) is 17.6 Å². The molecule has 0 unspecified atom stereocenters. The van der Waals surface area contributed by atoms with Crippen LogP contribution in [0.5, 0.6) is 0 Å². The molecule has 1 aromatic heterocycles. The van der Waals surface area contributed by atoms with Gasteiger partial charge in [0.2, 0.25) is 5.78 Å². The standard InChI is InChI=1S/C21H25BrN3O2S/c1-15-11-17(14-27-4)19(12-23)21(24-15)28-10-9-25(2,3)13-20(26)16-5-7-18(22)8-6-16/h5-8,11H,9-10,13-14H2,1-4H3/q+1. The van der Waals surface area contributed by atoms with Crippen LogP contribution in [0.15, 0.2) is 39.8 Å². The number of nitrogens with zero attached hydrogens (tertiary/aromatic N) is 3. The van der Waals surface area contributed by atoms with Gasteiger partial charge in [0.05, 0.1) is 32.8 Å². The van der Waals surface area contributed by atoms with Gasteiger partial charge < -0.3 is 9.22 Å². The average Bonchev–Trinajstić information content (AvgIpc) is 2.61. The number of methoxy groups -OCH3 is 1. The molecule has 0 bridgehead atoms. The predicted octanol–water partition coefficient (Wildman–Crippen LogP) is 4.22. The highest BCUT2D eigenvalue weighted by Crippen LogP contribution is 2.25. The molecule has 0 aliphatic rings. The van der Waals surface area contributed by atoms with Crippen LogP contribution in [0, 0.1) is 18.3 Å². The number of pyridine rings is 1. The van der Waals surface area contributed by atoms with Crippen LogP contribution in [-0.2, 0) is 11.3 Å². The number of Topliss-reactive ketones (excluding diaryl/α,β-unsaturated/α-hetero) is 1. The molecule has 0 fully saturated rings. The monoisotopic (exact) mass is 462 g/mol. The van der Waals surface area contributed by atoms with Crippen molar-refractivity contribution in [1.29, 1.82) is 5.26 Å². The lowest BCUT2D eigenvalue weighted by molar-refractivity contribution is -0.879. The summed E-state index contributed by atoms with van der Waals surface area (Å²) in [5.74, 6) is 0.884. The minimum atomic E-state index is 0.122. The Morgan fingerprint density at radius 2 is 2.00 bits per heavy atom. The van der Waals surface area contributed by atoms with Gasteiger partial charge in [0.15, 0.2) is 0 Å². The van der Waals surface area contributed by atoms with E-state index < -0.39 is 0 Å². The fourth-order valence-corrected chi connectivity index (χ4v) is 4.36. The van der Waals surface area contributed by atoms with Crippen LogP contribution >= 0.6 is 27.7 Å². The summed E-state index contributed by atoms with van der Waals surface area (Å²) in [5, 5.41) is 10.3. The number of thioether (sulfide) groups is 1. The number of hydrogen-bond donors (Lipinski definition) is 0. The Balaban J connectivity index is 2.01. The average molecular weight is 463 g/mol. The van der Waals surface area contributed by atoms with Crippen LogP contribution in [0.1, 0.15) is 27.2 Å². The number of rotatable bonds is 9. The second-order valence-electron chi connectivity index (χ2n) is 7.24. The van der Waals surface area contributed by atoms with Crippen molar-refractivity contribution in [3.8, 4) is 6.07 Å². The first-order chi connectivity index (χ1) is 13.3. The van der Waals surface area contributed by atoms with Gasteiger partial charge in [0.25, 0.3) is 0 Å². The molecular formula is C21H25BrN3O2S+. The fraction of sp³-hybridized carbons (Fsp3) is 0.381. The van der Waals surface area contributed by atoms with Crippen LogP contribution in [0.25, 0.3) is 0 Å². The molecule has 2 rings (SSSR count). The Kier molecular flexibility index (Phi) is 8.20. The molecule has 0 spiro atoms. The van der Waals surface area contributed by atoms with Gasteiger partial charge in [-0.05, 0) is 30.7 Å². The van der Waals surface area contributed by atoms with E-state index in [4.69, 9.17) is 4.74 Å². The van der Waals surface area contributed by atoms with Crippen LogP contribution < -0.4 is 0 Å². The van der Waals surface area contributed by atoms with Gasteiger partial charge >= 0.3 is 0 Å². The van der Waals surface area contributed by atoms with Crippen LogP contribution in [0.4, 0.5) is 0 Å². The second kappa shape index (κ2) is 10.2. The first-order valence-electron chi connectivity index (χ1n) is 8.89.